The van der Waals surface area contributed by atoms with Crippen molar-refractivity contribution in [2.75, 3.05) is 65.3 Å². The van der Waals surface area contributed by atoms with E-state index in [-0.39, 0.29) is 50.1 Å². The van der Waals surface area contributed by atoms with Gasteiger partial charge in [-0.2, -0.15) is 0 Å². The number of esters is 2. The van der Waals surface area contributed by atoms with Crippen LogP contribution in [0.1, 0.15) is 71.0 Å². The molecule has 2 N–H and O–H groups in total. The van der Waals surface area contributed by atoms with Crippen molar-refractivity contribution in [2.24, 2.45) is 11.8 Å². The average Bonchev–Trinajstić information content (AvgIpc) is 4.33. The highest BCUT2D eigenvalue weighted by Gasteiger charge is 2.76. The molecular formula is C63H61N5O12. The number of amides is 4. The van der Waals surface area contributed by atoms with Gasteiger partial charge in [-0.05, 0) is 88.8 Å². The molecule has 1 spiro atoms. The molecule has 5 heterocycles. The molecule has 3 fully saturated rings. The molecule has 80 heavy (non-hydrogen) atoms. The maximum absolute atomic E-state index is 17.1. The fourth-order valence-electron chi connectivity index (χ4n) is 12.2. The molecule has 0 aromatic heterocycles. The molecule has 5 aliphatic rings. The van der Waals surface area contributed by atoms with Crippen molar-refractivity contribution in [3.05, 3.63) is 185 Å². The van der Waals surface area contributed by atoms with E-state index in [1.165, 1.54) is 7.11 Å². The zero-order valence-corrected chi connectivity index (χ0v) is 44.8. The van der Waals surface area contributed by atoms with Gasteiger partial charge in [-0.3, -0.25) is 24.2 Å². The van der Waals surface area contributed by atoms with Crippen LogP contribution >= 0.6 is 0 Å². The summed E-state index contributed by atoms with van der Waals surface area (Å²) in [6.45, 7) is 5.03. The summed E-state index contributed by atoms with van der Waals surface area (Å²) in [4.78, 5) is 85.3. The lowest BCUT2D eigenvalue weighted by Gasteiger charge is -2.46. The highest BCUT2D eigenvalue weighted by atomic mass is 16.7. The van der Waals surface area contributed by atoms with E-state index in [2.05, 4.69) is 22.1 Å². The van der Waals surface area contributed by atoms with E-state index < -0.39 is 77.3 Å². The van der Waals surface area contributed by atoms with E-state index in [0.29, 0.717) is 59.1 Å². The summed E-state index contributed by atoms with van der Waals surface area (Å²) in [6.07, 6.45) is -0.982. The summed E-state index contributed by atoms with van der Waals surface area (Å²) in [6, 6.07) is 38.3. The normalized spacial score (nSPS) is 22.4. The van der Waals surface area contributed by atoms with Gasteiger partial charge in [0, 0.05) is 49.4 Å². The van der Waals surface area contributed by atoms with Crippen LogP contribution in [0.5, 0.6) is 23.0 Å². The molecule has 5 aliphatic heterocycles. The van der Waals surface area contributed by atoms with Crippen LogP contribution in [0, 0.1) is 23.7 Å². The Morgan fingerprint density at radius 2 is 1.44 bits per heavy atom. The Morgan fingerprint density at radius 1 is 0.762 bits per heavy atom. The van der Waals surface area contributed by atoms with E-state index >= 15 is 19.2 Å². The maximum Gasteiger partial charge on any atom is 0.329 e. The van der Waals surface area contributed by atoms with Gasteiger partial charge in [-0.25, -0.2) is 14.5 Å². The van der Waals surface area contributed by atoms with Gasteiger partial charge in [-0.1, -0.05) is 111 Å². The molecule has 0 saturated carbocycles. The molecule has 11 rings (SSSR count). The summed E-state index contributed by atoms with van der Waals surface area (Å²) in [5.41, 5.74) is 2.08. The number of anilines is 1. The molecule has 7 atom stereocenters. The van der Waals surface area contributed by atoms with Crippen molar-refractivity contribution in [3.63, 3.8) is 0 Å². The number of urea groups is 1. The van der Waals surface area contributed by atoms with Crippen LogP contribution < -0.4 is 29.2 Å². The minimum atomic E-state index is -2.16. The average molecular weight is 1080 g/mol. The lowest BCUT2D eigenvalue weighted by atomic mass is 9.64. The molecule has 17 nitrogen and oxygen atoms in total. The molecule has 0 bridgehead atoms. The quantitative estimate of drug-likeness (QED) is 0.0881. The Morgan fingerprint density at radius 3 is 2.14 bits per heavy atom. The number of rotatable bonds is 13. The number of cyclic esters (lactones) is 1. The van der Waals surface area contributed by atoms with Crippen LogP contribution in [0.15, 0.2) is 146 Å². The zero-order chi connectivity index (χ0) is 55.7. The monoisotopic (exact) mass is 1080 g/mol. The minimum Gasteiger partial charge on any atom is -0.497 e. The van der Waals surface area contributed by atoms with Crippen LogP contribution in [0.3, 0.4) is 0 Å². The van der Waals surface area contributed by atoms with Gasteiger partial charge in [0.1, 0.15) is 41.7 Å². The number of benzene rings is 6. The van der Waals surface area contributed by atoms with E-state index in [4.69, 9.17) is 28.4 Å². The molecule has 0 radical (unpaired) electrons. The van der Waals surface area contributed by atoms with E-state index in [0.717, 1.165) is 16.0 Å². The first kappa shape index (κ1) is 53.3. The van der Waals surface area contributed by atoms with Crippen LogP contribution in [-0.2, 0) is 40.6 Å². The number of methoxy groups -OCH3 is 2. The second-order valence-corrected chi connectivity index (χ2v) is 20.7. The van der Waals surface area contributed by atoms with Crippen LogP contribution in [0.2, 0.25) is 0 Å². The van der Waals surface area contributed by atoms with Crippen LogP contribution in [0.25, 0.3) is 0 Å². The molecule has 410 valence electrons. The maximum atomic E-state index is 17.1. The largest absolute Gasteiger partial charge is 0.497 e. The molecule has 3 saturated heterocycles. The van der Waals surface area contributed by atoms with Crippen molar-refractivity contribution in [1.29, 1.82) is 0 Å². The smallest absolute Gasteiger partial charge is 0.329 e. The number of hydrogen-bond donors (Lipinski definition) is 2. The van der Waals surface area contributed by atoms with Gasteiger partial charge in [0.05, 0.1) is 44.5 Å². The Hall–Kier alpha value is -8.69. The molecule has 7 unspecified atom stereocenters. The number of hydrogen-bond acceptors (Lipinski definition) is 14. The highest BCUT2D eigenvalue weighted by molar-refractivity contribution is 6.25. The fraction of sp³-hybridized carbons (Fsp3) is 0.317. The van der Waals surface area contributed by atoms with Crippen LogP contribution in [-0.4, -0.2) is 122 Å². The molecule has 0 aliphatic carbocycles. The van der Waals surface area contributed by atoms with Gasteiger partial charge >= 0.3 is 18.0 Å². The van der Waals surface area contributed by atoms with Crippen LogP contribution in [0.4, 0.5) is 10.5 Å². The summed E-state index contributed by atoms with van der Waals surface area (Å²) in [5, 5.41) is 13.1. The molecule has 6 aromatic rings. The third kappa shape index (κ3) is 9.62. The van der Waals surface area contributed by atoms with Crippen molar-refractivity contribution in [1.82, 2.24) is 20.0 Å². The first-order chi connectivity index (χ1) is 38.9. The lowest BCUT2D eigenvalue weighted by molar-refractivity contribution is -0.179. The van der Waals surface area contributed by atoms with Gasteiger partial charge in [0.25, 0.3) is 0 Å². The summed E-state index contributed by atoms with van der Waals surface area (Å²) in [5.74, 6) is 3.90. The minimum absolute atomic E-state index is 0.115. The number of morpholine rings is 1. The van der Waals surface area contributed by atoms with Crippen molar-refractivity contribution in [2.45, 2.75) is 56.1 Å². The molecule has 6 aromatic carbocycles. The number of aliphatic hydroxyl groups is 1. The van der Waals surface area contributed by atoms with Gasteiger partial charge < -0.3 is 43.7 Å². The zero-order valence-electron chi connectivity index (χ0n) is 44.8. The third-order valence-corrected chi connectivity index (χ3v) is 15.9. The van der Waals surface area contributed by atoms with Gasteiger partial charge in [0.2, 0.25) is 18.6 Å². The predicted molar refractivity (Wildman–Crippen MR) is 294 cm³/mol. The number of nitrogens with zero attached hydrogens (tertiary/aromatic N) is 4. The number of carbonyl (C=O) groups is 5. The van der Waals surface area contributed by atoms with E-state index in [1.54, 1.807) is 80.5 Å². The number of fused-ring (bicyclic) bond motifs is 4. The summed E-state index contributed by atoms with van der Waals surface area (Å²) >= 11 is 0. The summed E-state index contributed by atoms with van der Waals surface area (Å²) in [7, 11) is 2.80. The lowest BCUT2D eigenvalue weighted by Crippen LogP contribution is -2.59. The number of ether oxygens (including phenoxy) is 6. The van der Waals surface area contributed by atoms with Crippen molar-refractivity contribution in [3.8, 4) is 34.8 Å². The summed E-state index contributed by atoms with van der Waals surface area (Å²) < 4.78 is 34.9. The Kier molecular flexibility index (Phi) is 15.0. The third-order valence-electron chi connectivity index (χ3n) is 15.9. The molecule has 4 amide bonds. The number of nitrogens with one attached hydrogen (secondary N) is 1. The number of para-hydroxylation sites is 1. The fourth-order valence-corrected chi connectivity index (χ4v) is 12.2. The van der Waals surface area contributed by atoms with E-state index in [9.17, 15) is 9.90 Å². The highest BCUT2D eigenvalue weighted by Crippen LogP contribution is 2.67. The molecule has 17 heteroatoms. The van der Waals surface area contributed by atoms with E-state index in [1.807, 2.05) is 95.9 Å². The molecular weight excluding hydrogens is 1020 g/mol. The first-order valence-corrected chi connectivity index (χ1v) is 26.8. The standard InChI is InChI=1S/C63H61N5O12/c1-39(2)53(59(71)76-4)64-62(74)67-48-27-23-41(20-19-40-21-25-45(75-3)26-22-40)35-47(48)63(61(67)73)52(58(70)66-31-29-65(30-32-66)37-42-24-28-50-51(36-42)79-38-78-50)55-60(72)80-56(44-15-9-6-10-16-44)54(43-13-7-5-8-14-43)68(55)57(63)46-17-11-12-18-49(46)77-34-33-69/h5-18,21-28,35-36,39,52-57,69H,29-34,37-38H2,1-4H3,(H,64,74). The predicted octanol–water partition coefficient (Wildman–Crippen LogP) is 7.11. The Labute approximate surface area is 463 Å². The second kappa shape index (κ2) is 22.6. The van der Waals surface area contributed by atoms with Crippen molar-refractivity contribution < 1.29 is 57.5 Å². The number of carbonyl (C=O) groups excluding carboxylic acids is 5. The van der Waals surface area contributed by atoms with Crippen molar-refractivity contribution >= 4 is 35.5 Å². The topological polar surface area (TPSA) is 186 Å². The van der Waals surface area contributed by atoms with Gasteiger partial charge in [-0.15, -0.1) is 0 Å². The second-order valence-electron chi connectivity index (χ2n) is 20.7. The number of piperazine rings is 1. The van der Waals surface area contributed by atoms with Gasteiger partial charge in [0.15, 0.2) is 11.5 Å². The Bertz CT molecular complexity index is 3380. The number of imide groups is 1. The number of aliphatic hydroxyl groups excluding tert-OH is 1. The first-order valence-electron chi connectivity index (χ1n) is 26.8. The SMILES string of the molecule is COC(=O)C(NC(=O)N1C(=O)C2(c3cc(C#Cc4ccc(OC)cc4)ccc31)C(C(=O)N1CCN(Cc3ccc4c(c3)OCO4)CC1)C1C(=O)OC(c3ccccc3)C(c3ccccc3)N1C2c1ccccc1OCCO)C(C)C. The Balaban J connectivity index is 1.15.